The molecule has 3 amide bonds. The molecule has 0 bridgehead atoms. The second-order valence-corrected chi connectivity index (χ2v) is 15.0. The third kappa shape index (κ3) is 12.6. The molecule has 54 heavy (non-hydrogen) atoms. The van der Waals surface area contributed by atoms with Crippen molar-refractivity contribution in [1.29, 1.82) is 0 Å². The van der Waals surface area contributed by atoms with E-state index in [-0.39, 0.29) is 57.2 Å². The van der Waals surface area contributed by atoms with Gasteiger partial charge in [-0.05, 0) is 70.4 Å². The minimum absolute atomic E-state index is 0.00456. The number of hydrazine groups is 2. The van der Waals surface area contributed by atoms with Crippen molar-refractivity contribution in [3.8, 4) is 0 Å². The van der Waals surface area contributed by atoms with Crippen molar-refractivity contribution < 1.29 is 47.3 Å². The molecular formula is C40H49FN4O9. The molecule has 0 radical (unpaired) electrons. The lowest BCUT2D eigenvalue weighted by Gasteiger charge is -2.26. The van der Waals surface area contributed by atoms with E-state index in [2.05, 4.69) is 5.43 Å². The Morgan fingerprint density at radius 3 is 1.63 bits per heavy atom. The van der Waals surface area contributed by atoms with Gasteiger partial charge in [-0.2, -0.15) is 0 Å². The quantitative estimate of drug-likeness (QED) is 0.221. The number of ether oxygens (including phenoxy) is 4. The summed E-state index contributed by atoms with van der Waals surface area (Å²) in [4.78, 5) is 61.8. The summed E-state index contributed by atoms with van der Waals surface area (Å²) in [5.41, 5.74) is 3.94. The first-order valence-corrected chi connectivity index (χ1v) is 17.7. The summed E-state index contributed by atoms with van der Waals surface area (Å²) in [6.45, 7) is 11.6. The molecule has 2 saturated heterocycles. The highest BCUT2D eigenvalue weighted by Crippen LogP contribution is 2.23. The summed E-state index contributed by atoms with van der Waals surface area (Å²) >= 11 is 0. The molecule has 0 aromatic heterocycles. The van der Waals surface area contributed by atoms with E-state index >= 15 is 0 Å². The predicted octanol–water partition coefficient (Wildman–Crippen LogP) is 5.82. The fourth-order valence-electron chi connectivity index (χ4n) is 5.00. The Hall–Kier alpha value is -5.50. The average molecular weight is 749 g/mol. The molecule has 2 aliphatic heterocycles. The van der Waals surface area contributed by atoms with Crippen LogP contribution in [0.2, 0.25) is 0 Å². The number of halogens is 1. The zero-order chi connectivity index (χ0) is 39.5. The molecule has 1 N–H and O–H groups in total. The number of rotatable bonds is 8. The third-order valence-electron chi connectivity index (χ3n) is 8.11. The van der Waals surface area contributed by atoms with Crippen LogP contribution < -0.4 is 5.43 Å². The van der Waals surface area contributed by atoms with E-state index in [9.17, 15) is 28.4 Å². The van der Waals surface area contributed by atoms with Crippen molar-refractivity contribution >= 4 is 30.0 Å². The number of amides is 3. The largest absolute Gasteiger partial charge is 0.459 e. The zero-order valence-corrected chi connectivity index (χ0v) is 31.6. The standard InChI is InChI=1S/C24H27FN2O5.C16H22N2O4/c1-24(2,3)22(29)32-20-14-26(21(28)13-17-9-11-19(25)12-10-17)27(15-20)23(30)31-16-18-7-5-4-6-8-18;1-16(2,3)14(19)22-13-9-17-18(10-13)15(20)21-11-12-7-5-4-6-8-12/h4-12,20H,13-16H2,1-3H3;4-8,13,17H,9-11H2,1-3H3. The lowest BCUT2D eigenvalue weighted by atomic mass is 9.97. The normalized spacial score (nSPS) is 16.9. The van der Waals surface area contributed by atoms with Crippen LogP contribution >= 0.6 is 0 Å². The third-order valence-corrected chi connectivity index (χ3v) is 8.11. The van der Waals surface area contributed by atoms with Crippen molar-refractivity contribution in [1.82, 2.24) is 20.5 Å². The summed E-state index contributed by atoms with van der Waals surface area (Å²) in [5, 5.41) is 3.73. The molecule has 2 unspecified atom stereocenters. The van der Waals surface area contributed by atoms with Gasteiger partial charge in [-0.15, -0.1) is 0 Å². The van der Waals surface area contributed by atoms with Gasteiger partial charge in [0, 0.05) is 0 Å². The maximum atomic E-state index is 13.2. The van der Waals surface area contributed by atoms with E-state index in [1.54, 1.807) is 41.5 Å². The minimum Gasteiger partial charge on any atom is -0.459 e. The fourth-order valence-corrected chi connectivity index (χ4v) is 5.00. The van der Waals surface area contributed by atoms with Crippen molar-refractivity contribution in [3.63, 3.8) is 0 Å². The first-order chi connectivity index (χ1) is 25.5. The van der Waals surface area contributed by atoms with Crippen LogP contribution in [0.1, 0.15) is 58.2 Å². The van der Waals surface area contributed by atoms with Crippen LogP contribution in [-0.2, 0) is 53.0 Å². The van der Waals surface area contributed by atoms with Crippen LogP contribution in [0.3, 0.4) is 0 Å². The summed E-state index contributed by atoms with van der Waals surface area (Å²) in [6.07, 6.45) is -2.25. The summed E-state index contributed by atoms with van der Waals surface area (Å²) in [6, 6.07) is 24.2. The Bertz CT molecular complexity index is 1730. The molecule has 2 fully saturated rings. The number of hydrogen-bond donors (Lipinski definition) is 1. The summed E-state index contributed by atoms with van der Waals surface area (Å²) in [7, 11) is 0. The number of esters is 2. The maximum absolute atomic E-state index is 13.2. The van der Waals surface area contributed by atoms with Crippen LogP contribution in [0.4, 0.5) is 14.0 Å². The topological polar surface area (TPSA) is 144 Å². The van der Waals surface area contributed by atoms with E-state index in [0.717, 1.165) is 16.1 Å². The molecule has 290 valence electrons. The van der Waals surface area contributed by atoms with Gasteiger partial charge in [0.25, 0.3) is 0 Å². The molecular weight excluding hydrogens is 699 g/mol. The van der Waals surface area contributed by atoms with Gasteiger partial charge in [-0.1, -0.05) is 72.8 Å². The van der Waals surface area contributed by atoms with Gasteiger partial charge < -0.3 is 18.9 Å². The van der Waals surface area contributed by atoms with E-state index in [1.165, 1.54) is 34.3 Å². The van der Waals surface area contributed by atoms with Crippen LogP contribution in [0, 0.1) is 16.6 Å². The lowest BCUT2D eigenvalue weighted by molar-refractivity contribution is -0.158. The highest BCUT2D eigenvalue weighted by Gasteiger charge is 2.41. The van der Waals surface area contributed by atoms with Crippen molar-refractivity contribution in [2.24, 2.45) is 10.8 Å². The van der Waals surface area contributed by atoms with E-state index < -0.39 is 40.9 Å². The van der Waals surface area contributed by atoms with Gasteiger partial charge >= 0.3 is 24.1 Å². The van der Waals surface area contributed by atoms with Gasteiger partial charge in [0.1, 0.15) is 31.2 Å². The summed E-state index contributed by atoms with van der Waals surface area (Å²) in [5.74, 6) is -1.49. The van der Waals surface area contributed by atoms with Crippen molar-refractivity contribution in [3.05, 3.63) is 107 Å². The highest BCUT2D eigenvalue weighted by molar-refractivity contribution is 5.82. The molecule has 2 atom stereocenters. The van der Waals surface area contributed by atoms with Crippen LogP contribution in [-0.4, -0.2) is 83.4 Å². The molecule has 14 heteroatoms. The minimum atomic E-state index is -0.718. The second-order valence-electron chi connectivity index (χ2n) is 15.0. The molecule has 5 rings (SSSR count). The Kier molecular flexibility index (Phi) is 14.1. The molecule has 3 aromatic rings. The molecule has 3 aromatic carbocycles. The first-order valence-electron chi connectivity index (χ1n) is 17.7. The van der Waals surface area contributed by atoms with Crippen molar-refractivity contribution in [2.45, 2.75) is 73.4 Å². The van der Waals surface area contributed by atoms with Crippen LogP contribution in [0.15, 0.2) is 84.9 Å². The highest BCUT2D eigenvalue weighted by atomic mass is 19.1. The summed E-state index contributed by atoms with van der Waals surface area (Å²) < 4.78 is 34.7. The number of carbonyl (C=O) groups is 5. The van der Waals surface area contributed by atoms with Crippen LogP contribution in [0.25, 0.3) is 0 Å². The number of nitrogens with zero attached hydrogens (tertiary/aromatic N) is 3. The number of carbonyl (C=O) groups excluding carboxylic acids is 5. The smallest absolute Gasteiger partial charge is 0.429 e. The molecule has 13 nitrogen and oxygen atoms in total. The number of hydrogen-bond acceptors (Lipinski definition) is 10. The maximum Gasteiger partial charge on any atom is 0.429 e. The Morgan fingerprint density at radius 2 is 1.11 bits per heavy atom. The van der Waals surface area contributed by atoms with Crippen LogP contribution in [0.5, 0.6) is 0 Å². The average Bonchev–Trinajstić information content (AvgIpc) is 3.79. The zero-order valence-electron chi connectivity index (χ0n) is 31.6. The van der Waals surface area contributed by atoms with Gasteiger partial charge in [0.2, 0.25) is 5.91 Å². The molecule has 2 aliphatic rings. The molecule has 0 saturated carbocycles. The van der Waals surface area contributed by atoms with Gasteiger partial charge in [-0.25, -0.2) is 34.4 Å². The SMILES string of the molecule is CC(C)(C)C(=O)OC1CN(C(=O)Cc2ccc(F)cc2)N(C(=O)OCc2ccccc2)C1.CC(C)(C)C(=O)OC1CNN(C(=O)OCc2ccccc2)C1. The monoisotopic (exact) mass is 748 g/mol. The van der Waals surface area contributed by atoms with E-state index in [4.69, 9.17) is 18.9 Å². The van der Waals surface area contributed by atoms with E-state index in [1.807, 2.05) is 60.7 Å². The van der Waals surface area contributed by atoms with E-state index in [0.29, 0.717) is 12.1 Å². The number of benzene rings is 3. The molecule has 0 spiro atoms. The Balaban J connectivity index is 0.000000258. The van der Waals surface area contributed by atoms with Gasteiger partial charge in [-0.3, -0.25) is 14.4 Å². The second kappa shape index (κ2) is 18.5. The predicted molar refractivity (Wildman–Crippen MR) is 195 cm³/mol. The number of nitrogens with one attached hydrogen (secondary N) is 1. The molecule has 2 heterocycles. The Morgan fingerprint density at radius 1 is 0.630 bits per heavy atom. The van der Waals surface area contributed by atoms with Gasteiger partial charge in [0.05, 0.1) is 43.4 Å². The van der Waals surface area contributed by atoms with Crippen molar-refractivity contribution in [2.75, 3.05) is 26.2 Å². The first kappa shape index (κ1) is 41.3. The fraction of sp³-hybridized carbons (Fsp3) is 0.425. The van der Waals surface area contributed by atoms with Gasteiger partial charge in [0.15, 0.2) is 0 Å². The molecule has 0 aliphatic carbocycles. The Labute approximate surface area is 315 Å². The lowest BCUT2D eigenvalue weighted by Crippen LogP contribution is -2.45.